The van der Waals surface area contributed by atoms with Crippen LogP contribution in [0.25, 0.3) is 5.69 Å². The highest BCUT2D eigenvalue weighted by molar-refractivity contribution is 6.07. The second-order valence-corrected chi connectivity index (χ2v) is 6.96. The zero-order chi connectivity index (χ0) is 20.4. The molecule has 4 rings (SSSR count). The minimum atomic E-state index is -1.17. The first kappa shape index (κ1) is 18.4. The number of urea groups is 1. The SMILES string of the molecule is C[C@]1(c2cccc(NC(=O)Cc3ccc(-n4cccn4)cc3)c2)NC(=O)NC1=O. The van der Waals surface area contributed by atoms with Gasteiger partial charge in [0.05, 0.1) is 12.1 Å². The van der Waals surface area contributed by atoms with E-state index in [1.807, 2.05) is 36.5 Å². The molecule has 1 fully saturated rings. The summed E-state index contributed by atoms with van der Waals surface area (Å²) in [7, 11) is 0. The van der Waals surface area contributed by atoms with Crippen molar-refractivity contribution in [2.45, 2.75) is 18.9 Å². The fourth-order valence-corrected chi connectivity index (χ4v) is 3.23. The van der Waals surface area contributed by atoms with Crippen molar-refractivity contribution in [2.75, 3.05) is 5.32 Å². The first-order valence-electron chi connectivity index (χ1n) is 9.07. The molecule has 2 heterocycles. The van der Waals surface area contributed by atoms with Gasteiger partial charge in [0.2, 0.25) is 5.91 Å². The molecule has 8 nitrogen and oxygen atoms in total. The monoisotopic (exact) mass is 389 g/mol. The second-order valence-electron chi connectivity index (χ2n) is 6.96. The molecule has 1 atom stereocenters. The van der Waals surface area contributed by atoms with Gasteiger partial charge in [-0.1, -0.05) is 24.3 Å². The van der Waals surface area contributed by atoms with E-state index >= 15 is 0 Å². The van der Waals surface area contributed by atoms with Crippen LogP contribution < -0.4 is 16.0 Å². The summed E-state index contributed by atoms with van der Waals surface area (Å²) in [4.78, 5) is 36.0. The van der Waals surface area contributed by atoms with Crippen molar-refractivity contribution in [3.63, 3.8) is 0 Å². The average Bonchev–Trinajstić information content (AvgIpc) is 3.31. The Balaban J connectivity index is 1.44. The lowest BCUT2D eigenvalue weighted by molar-refractivity contribution is -0.123. The molecule has 4 amide bonds. The van der Waals surface area contributed by atoms with Gasteiger partial charge in [-0.25, -0.2) is 9.48 Å². The Morgan fingerprint density at radius 1 is 1.14 bits per heavy atom. The number of nitrogens with one attached hydrogen (secondary N) is 3. The second kappa shape index (κ2) is 7.23. The van der Waals surface area contributed by atoms with Gasteiger partial charge in [-0.15, -0.1) is 0 Å². The van der Waals surface area contributed by atoms with Crippen LogP contribution in [0.1, 0.15) is 18.1 Å². The molecule has 3 N–H and O–H groups in total. The van der Waals surface area contributed by atoms with E-state index in [-0.39, 0.29) is 12.3 Å². The fourth-order valence-electron chi connectivity index (χ4n) is 3.23. The van der Waals surface area contributed by atoms with Gasteiger partial charge in [0, 0.05) is 18.1 Å². The summed E-state index contributed by atoms with van der Waals surface area (Å²) in [5.74, 6) is -0.609. The highest BCUT2D eigenvalue weighted by atomic mass is 16.2. The lowest BCUT2D eigenvalue weighted by Crippen LogP contribution is -2.40. The zero-order valence-corrected chi connectivity index (χ0v) is 15.7. The van der Waals surface area contributed by atoms with Crippen molar-refractivity contribution in [2.24, 2.45) is 0 Å². The van der Waals surface area contributed by atoms with Crippen molar-refractivity contribution in [3.05, 3.63) is 78.1 Å². The van der Waals surface area contributed by atoms with Crippen molar-refractivity contribution < 1.29 is 14.4 Å². The zero-order valence-electron chi connectivity index (χ0n) is 15.7. The van der Waals surface area contributed by atoms with E-state index in [1.54, 1.807) is 42.1 Å². The van der Waals surface area contributed by atoms with E-state index in [9.17, 15) is 14.4 Å². The third-order valence-corrected chi connectivity index (χ3v) is 4.84. The van der Waals surface area contributed by atoms with Crippen molar-refractivity contribution in [1.82, 2.24) is 20.4 Å². The summed E-state index contributed by atoms with van der Waals surface area (Å²) in [6, 6.07) is 15.8. The fraction of sp³-hybridized carbons (Fsp3) is 0.143. The highest BCUT2D eigenvalue weighted by Crippen LogP contribution is 2.26. The van der Waals surface area contributed by atoms with E-state index < -0.39 is 17.5 Å². The predicted octanol–water partition coefficient (Wildman–Crippen LogP) is 2.11. The van der Waals surface area contributed by atoms with Gasteiger partial charge in [0.15, 0.2) is 0 Å². The predicted molar refractivity (Wildman–Crippen MR) is 106 cm³/mol. The number of carbonyl (C=O) groups is 3. The first-order chi connectivity index (χ1) is 13.9. The molecule has 0 aliphatic carbocycles. The molecular formula is C21H19N5O3. The molecule has 29 heavy (non-hydrogen) atoms. The van der Waals surface area contributed by atoms with Gasteiger partial charge in [-0.3, -0.25) is 14.9 Å². The Labute approximate surface area is 166 Å². The van der Waals surface area contributed by atoms with Gasteiger partial charge in [-0.2, -0.15) is 5.10 Å². The molecule has 0 bridgehead atoms. The molecule has 1 saturated heterocycles. The summed E-state index contributed by atoms with van der Waals surface area (Å²) >= 11 is 0. The maximum Gasteiger partial charge on any atom is 0.322 e. The molecule has 8 heteroatoms. The van der Waals surface area contributed by atoms with E-state index in [2.05, 4.69) is 21.0 Å². The standard InChI is InChI=1S/C21H19N5O3/c1-21(19(28)24-20(29)25-21)15-4-2-5-16(13-15)23-18(27)12-14-6-8-17(9-7-14)26-11-3-10-22-26/h2-11,13H,12H2,1H3,(H,23,27)(H2,24,25,28,29)/t21-/m1/s1. The number of carbonyl (C=O) groups excluding carboxylic acids is 3. The summed E-state index contributed by atoms with van der Waals surface area (Å²) in [5.41, 5.74) is 1.75. The van der Waals surface area contributed by atoms with Gasteiger partial charge in [0.1, 0.15) is 5.54 Å². The van der Waals surface area contributed by atoms with Crippen LogP contribution in [-0.2, 0) is 21.5 Å². The molecule has 3 aromatic rings. The Bertz CT molecular complexity index is 1080. The minimum Gasteiger partial charge on any atom is -0.326 e. The van der Waals surface area contributed by atoms with Crippen LogP contribution in [0.2, 0.25) is 0 Å². The first-order valence-corrected chi connectivity index (χ1v) is 9.07. The average molecular weight is 389 g/mol. The third kappa shape index (κ3) is 3.73. The van der Waals surface area contributed by atoms with Crippen LogP contribution in [0.15, 0.2) is 67.0 Å². The molecule has 1 aliphatic rings. The van der Waals surface area contributed by atoms with Crippen molar-refractivity contribution in [3.8, 4) is 5.69 Å². The van der Waals surface area contributed by atoms with Gasteiger partial charge >= 0.3 is 6.03 Å². The number of anilines is 1. The Morgan fingerprint density at radius 2 is 1.93 bits per heavy atom. The van der Waals surface area contributed by atoms with Crippen LogP contribution in [0.5, 0.6) is 0 Å². The maximum atomic E-state index is 12.4. The number of rotatable bonds is 5. The van der Waals surface area contributed by atoms with Crippen molar-refractivity contribution >= 4 is 23.5 Å². The summed E-state index contributed by atoms with van der Waals surface area (Å²) in [6.07, 6.45) is 3.76. The number of nitrogens with zero attached hydrogens (tertiary/aromatic N) is 2. The molecule has 146 valence electrons. The van der Waals surface area contributed by atoms with E-state index in [1.165, 1.54) is 0 Å². The Morgan fingerprint density at radius 3 is 2.59 bits per heavy atom. The molecule has 1 aliphatic heterocycles. The lowest BCUT2D eigenvalue weighted by atomic mass is 9.92. The molecule has 0 spiro atoms. The summed E-state index contributed by atoms with van der Waals surface area (Å²) < 4.78 is 1.74. The largest absolute Gasteiger partial charge is 0.326 e. The quantitative estimate of drug-likeness (QED) is 0.581. The number of hydrogen-bond acceptors (Lipinski definition) is 4. The van der Waals surface area contributed by atoms with Gasteiger partial charge < -0.3 is 10.6 Å². The van der Waals surface area contributed by atoms with Crippen LogP contribution in [-0.4, -0.2) is 27.6 Å². The smallest absolute Gasteiger partial charge is 0.322 e. The van der Waals surface area contributed by atoms with E-state index in [4.69, 9.17) is 0 Å². The molecule has 0 radical (unpaired) electrons. The van der Waals surface area contributed by atoms with E-state index in [0.717, 1.165) is 11.3 Å². The summed E-state index contributed by atoms with van der Waals surface area (Å²) in [5, 5.41) is 11.9. The van der Waals surface area contributed by atoms with Gasteiger partial charge in [-0.05, 0) is 48.4 Å². The van der Waals surface area contributed by atoms with Gasteiger partial charge in [0.25, 0.3) is 5.91 Å². The van der Waals surface area contributed by atoms with Crippen LogP contribution >= 0.6 is 0 Å². The normalized spacial score (nSPS) is 18.2. The molecule has 1 aromatic heterocycles. The van der Waals surface area contributed by atoms with Crippen LogP contribution in [0.3, 0.4) is 0 Å². The minimum absolute atomic E-state index is 0.181. The van der Waals surface area contributed by atoms with E-state index in [0.29, 0.717) is 11.3 Å². The number of aromatic nitrogens is 2. The number of benzene rings is 2. The summed E-state index contributed by atoms with van der Waals surface area (Å²) in [6.45, 7) is 1.62. The molecular weight excluding hydrogens is 370 g/mol. The lowest BCUT2D eigenvalue weighted by Gasteiger charge is -2.21. The number of imide groups is 1. The van der Waals surface area contributed by atoms with Crippen molar-refractivity contribution in [1.29, 1.82) is 0 Å². The van der Waals surface area contributed by atoms with Crippen LogP contribution in [0.4, 0.5) is 10.5 Å². The topological polar surface area (TPSA) is 105 Å². The molecule has 0 saturated carbocycles. The molecule has 0 unspecified atom stereocenters. The third-order valence-electron chi connectivity index (χ3n) is 4.84. The van der Waals surface area contributed by atoms with Crippen LogP contribution in [0, 0.1) is 0 Å². The Kier molecular flexibility index (Phi) is 4.59. The Hall–Kier alpha value is -3.94. The number of hydrogen-bond donors (Lipinski definition) is 3. The number of amides is 4. The maximum absolute atomic E-state index is 12.4. The molecule has 2 aromatic carbocycles. The highest BCUT2D eigenvalue weighted by Gasteiger charge is 2.43.